The average Bonchev–Trinajstić information content (AvgIpc) is 3.47. The van der Waals surface area contributed by atoms with E-state index in [0.717, 1.165) is 0 Å². The molecule has 0 aromatic heterocycles. The highest BCUT2D eigenvalue weighted by Crippen LogP contribution is 2.52. The van der Waals surface area contributed by atoms with Crippen molar-refractivity contribution in [2.75, 3.05) is 0 Å². The molecule has 0 N–H and O–H groups in total. The number of benzene rings is 10. The molecule has 0 nitrogen and oxygen atoms in total. The van der Waals surface area contributed by atoms with Crippen molar-refractivity contribution in [3.8, 4) is 55.6 Å². The van der Waals surface area contributed by atoms with Crippen molar-refractivity contribution in [3.63, 3.8) is 0 Å². The monoisotopic (exact) mass is 698 g/mol. The number of hydrogen-bond donors (Lipinski definition) is 0. The molecule has 55 heavy (non-hydrogen) atoms. The molecule has 0 radical (unpaired) electrons. The van der Waals surface area contributed by atoms with Gasteiger partial charge in [-0.3, -0.25) is 0 Å². The Hall–Kier alpha value is -6.76. The quantitative estimate of drug-likeness (QED) is 0.161. The van der Waals surface area contributed by atoms with Gasteiger partial charge in [0.15, 0.2) is 0 Å². The van der Waals surface area contributed by atoms with Gasteiger partial charge in [0, 0.05) is 5.41 Å². The Bertz CT molecular complexity index is 3150. The molecule has 0 amide bonds. The summed E-state index contributed by atoms with van der Waals surface area (Å²) < 4.78 is 0. The van der Waals surface area contributed by atoms with Crippen molar-refractivity contribution in [3.05, 3.63) is 205 Å². The fourth-order valence-electron chi connectivity index (χ4n) is 9.58. The smallest absolute Gasteiger partial charge is 0.0159 e. The Kier molecular flexibility index (Phi) is 7.00. The molecule has 0 aliphatic heterocycles. The lowest BCUT2D eigenvalue weighted by molar-refractivity contribution is 0.660. The van der Waals surface area contributed by atoms with Crippen LogP contribution in [0.15, 0.2) is 194 Å². The third kappa shape index (κ3) is 4.85. The molecular formula is C55H38. The molecule has 0 heterocycles. The van der Waals surface area contributed by atoms with Crippen molar-refractivity contribution in [1.29, 1.82) is 0 Å². The Balaban J connectivity index is 1.16. The minimum atomic E-state index is -0.0815. The largest absolute Gasteiger partial charge is 0.0619 e. The lowest BCUT2D eigenvalue weighted by Gasteiger charge is -2.23. The highest BCUT2D eigenvalue weighted by Gasteiger charge is 2.35. The van der Waals surface area contributed by atoms with Gasteiger partial charge in [-0.1, -0.05) is 196 Å². The van der Waals surface area contributed by atoms with Gasteiger partial charge in [0.1, 0.15) is 0 Å². The second-order valence-corrected chi connectivity index (χ2v) is 15.6. The summed E-state index contributed by atoms with van der Waals surface area (Å²) in [4.78, 5) is 0. The van der Waals surface area contributed by atoms with Gasteiger partial charge in [0.2, 0.25) is 0 Å². The number of fused-ring (bicyclic) bond motifs is 7. The molecule has 0 heteroatoms. The molecular weight excluding hydrogens is 661 g/mol. The zero-order chi connectivity index (χ0) is 36.7. The first-order chi connectivity index (χ1) is 27.0. The van der Waals surface area contributed by atoms with E-state index in [1.807, 2.05) is 0 Å². The summed E-state index contributed by atoms with van der Waals surface area (Å²) in [6, 6.07) is 72.3. The summed E-state index contributed by atoms with van der Waals surface area (Å²) >= 11 is 0. The van der Waals surface area contributed by atoms with Gasteiger partial charge in [0.25, 0.3) is 0 Å². The Labute approximate surface area is 322 Å². The van der Waals surface area contributed by atoms with E-state index < -0.39 is 0 Å². The van der Waals surface area contributed by atoms with Gasteiger partial charge in [-0.05, 0) is 122 Å². The SMILES string of the molecule is CC1(C)c2ccccc2-c2ccc(-c3c4ccccc4c(-c4cccc5ccccc45)c4cc(-c5ccc(-c6cccc7ccccc67)cc5)ccc34)cc21. The van der Waals surface area contributed by atoms with E-state index in [4.69, 9.17) is 0 Å². The third-order valence-corrected chi connectivity index (χ3v) is 12.3. The van der Waals surface area contributed by atoms with E-state index in [2.05, 4.69) is 208 Å². The van der Waals surface area contributed by atoms with Crippen LogP contribution < -0.4 is 0 Å². The summed E-state index contributed by atoms with van der Waals surface area (Å²) in [5.74, 6) is 0. The molecule has 10 aromatic rings. The highest BCUT2D eigenvalue weighted by atomic mass is 14.4. The molecule has 0 saturated carbocycles. The maximum absolute atomic E-state index is 2.48. The van der Waals surface area contributed by atoms with Gasteiger partial charge < -0.3 is 0 Å². The summed E-state index contributed by atoms with van der Waals surface area (Å²) in [7, 11) is 0. The van der Waals surface area contributed by atoms with E-state index in [1.165, 1.54) is 110 Å². The fraction of sp³-hybridized carbons (Fsp3) is 0.0545. The molecule has 10 aromatic carbocycles. The van der Waals surface area contributed by atoms with Crippen molar-refractivity contribution >= 4 is 43.1 Å². The van der Waals surface area contributed by atoms with Gasteiger partial charge in [-0.25, -0.2) is 0 Å². The lowest BCUT2D eigenvalue weighted by Crippen LogP contribution is -2.14. The second kappa shape index (κ2) is 12.1. The Morgan fingerprint density at radius 1 is 0.273 bits per heavy atom. The van der Waals surface area contributed by atoms with Crippen molar-refractivity contribution < 1.29 is 0 Å². The summed E-state index contributed by atoms with van der Waals surface area (Å²) in [6.45, 7) is 4.75. The predicted octanol–water partition coefficient (Wildman–Crippen LogP) is 15.3. The van der Waals surface area contributed by atoms with Gasteiger partial charge >= 0.3 is 0 Å². The van der Waals surface area contributed by atoms with Crippen LogP contribution in [0.5, 0.6) is 0 Å². The zero-order valence-corrected chi connectivity index (χ0v) is 31.0. The van der Waals surface area contributed by atoms with Gasteiger partial charge in [-0.2, -0.15) is 0 Å². The standard InChI is InChI=1S/C55H38/c1-55(2)51-24-10-9-19-44(51)45-31-30-40(34-52(45)55)53-47-20-7-8-21-48(47)54(46-23-12-16-37-14-4-6-18-43(37)46)50-33-39(29-32-49(50)53)35-25-27-38(28-26-35)42-22-11-15-36-13-3-5-17-41(36)42/h3-34H,1-2H3. The molecule has 1 aliphatic carbocycles. The van der Waals surface area contributed by atoms with Crippen LogP contribution in [-0.2, 0) is 5.41 Å². The van der Waals surface area contributed by atoms with Crippen LogP contribution in [0, 0.1) is 0 Å². The first-order valence-corrected chi connectivity index (χ1v) is 19.3. The molecule has 258 valence electrons. The molecule has 0 atom stereocenters. The van der Waals surface area contributed by atoms with Crippen LogP contribution >= 0.6 is 0 Å². The average molecular weight is 699 g/mol. The van der Waals surface area contributed by atoms with Crippen molar-refractivity contribution in [2.24, 2.45) is 0 Å². The Morgan fingerprint density at radius 3 is 1.51 bits per heavy atom. The number of hydrogen-bond acceptors (Lipinski definition) is 0. The first kappa shape index (κ1) is 31.7. The van der Waals surface area contributed by atoms with E-state index in [9.17, 15) is 0 Å². The van der Waals surface area contributed by atoms with E-state index in [-0.39, 0.29) is 5.41 Å². The minimum Gasteiger partial charge on any atom is -0.0619 e. The summed E-state index contributed by atoms with van der Waals surface area (Å²) in [5, 5.41) is 10.1. The fourth-order valence-corrected chi connectivity index (χ4v) is 9.58. The highest BCUT2D eigenvalue weighted by molar-refractivity contribution is 6.24. The molecule has 0 fully saturated rings. The van der Waals surface area contributed by atoms with Gasteiger partial charge in [0.05, 0.1) is 0 Å². The lowest BCUT2D eigenvalue weighted by atomic mass is 9.80. The van der Waals surface area contributed by atoms with E-state index in [1.54, 1.807) is 0 Å². The van der Waals surface area contributed by atoms with Crippen LogP contribution in [0.2, 0.25) is 0 Å². The third-order valence-electron chi connectivity index (χ3n) is 12.3. The van der Waals surface area contributed by atoms with E-state index >= 15 is 0 Å². The molecule has 1 aliphatic rings. The zero-order valence-electron chi connectivity index (χ0n) is 31.0. The topological polar surface area (TPSA) is 0 Å². The van der Waals surface area contributed by atoms with Crippen LogP contribution in [-0.4, -0.2) is 0 Å². The normalized spacial score (nSPS) is 13.1. The minimum absolute atomic E-state index is 0.0815. The Morgan fingerprint density at radius 2 is 0.764 bits per heavy atom. The van der Waals surface area contributed by atoms with Crippen molar-refractivity contribution in [1.82, 2.24) is 0 Å². The van der Waals surface area contributed by atoms with Gasteiger partial charge in [-0.15, -0.1) is 0 Å². The maximum Gasteiger partial charge on any atom is 0.0159 e. The van der Waals surface area contributed by atoms with Crippen molar-refractivity contribution in [2.45, 2.75) is 19.3 Å². The number of rotatable bonds is 4. The molecule has 0 unspecified atom stereocenters. The van der Waals surface area contributed by atoms with Crippen LogP contribution in [0.1, 0.15) is 25.0 Å². The maximum atomic E-state index is 2.48. The summed E-state index contributed by atoms with van der Waals surface area (Å²) in [5.41, 5.74) is 15.4. The summed E-state index contributed by atoms with van der Waals surface area (Å²) in [6.07, 6.45) is 0. The molecule has 0 spiro atoms. The molecule has 11 rings (SSSR count). The molecule has 0 bridgehead atoms. The van der Waals surface area contributed by atoms with E-state index in [0.29, 0.717) is 0 Å². The molecule has 0 saturated heterocycles. The first-order valence-electron chi connectivity index (χ1n) is 19.3. The van der Waals surface area contributed by atoms with Crippen LogP contribution in [0.4, 0.5) is 0 Å². The predicted molar refractivity (Wildman–Crippen MR) is 236 cm³/mol. The second-order valence-electron chi connectivity index (χ2n) is 15.6. The van der Waals surface area contributed by atoms with Crippen LogP contribution in [0.25, 0.3) is 98.7 Å². The van der Waals surface area contributed by atoms with Crippen LogP contribution in [0.3, 0.4) is 0 Å².